The Bertz CT molecular complexity index is 614. The Labute approximate surface area is 130 Å². The van der Waals surface area contributed by atoms with Crippen molar-refractivity contribution in [2.24, 2.45) is 0 Å². The third-order valence-corrected chi connectivity index (χ3v) is 18.7. The second kappa shape index (κ2) is 5.56. The van der Waals surface area contributed by atoms with Crippen molar-refractivity contribution in [3.8, 4) is 0 Å². The standard InChI is InChI=1S/C15H14S.2ClH.Zr/c1-10-8-13-14(9-10)16-11(2)15(13)12-6-4-3-5-7-12;;;/h3-8H,9H2,1-2H3;2*1H;/q;;;+1/p-1. The third kappa shape index (κ3) is 2.46. The van der Waals surface area contributed by atoms with Crippen molar-refractivity contribution in [3.05, 3.63) is 62.9 Å². The molecule has 1 aromatic carbocycles. The molecule has 1 aliphatic heterocycles. The van der Waals surface area contributed by atoms with Gasteiger partial charge in [0.25, 0.3) is 0 Å². The molecule has 0 bridgehead atoms. The van der Waals surface area contributed by atoms with E-state index in [1.165, 1.54) is 27.2 Å². The minimum absolute atomic E-state index is 0.361. The van der Waals surface area contributed by atoms with Crippen LogP contribution in [0.25, 0.3) is 5.57 Å². The topological polar surface area (TPSA) is 0 Å². The van der Waals surface area contributed by atoms with Gasteiger partial charge in [-0.2, -0.15) is 0 Å². The Morgan fingerprint density at radius 3 is 2.42 bits per heavy atom. The van der Waals surface area contributed by atoms with Gasteiger partial charge in [0, 0.05) is 0 Å². The molecule has 1 heterocycles. The van der Waals surface area contributed by atoms with Crippen LogP contribution in [0.5, 0.6) is 0 Å². The van der Waals surface area contributed by atoms with Gasteiger partial charge in [0.1, 0.15) is 0 Å². The molecule has 4 heteroatoms. The fourth-order valence-corrected chi connectivity index (χ4v) is 18.8. The summed E-state index contributed by atoms with van der Waals surface area (Å²) in [6, 6.07) is 10.6. The first kappa shape index (κ1) is 14.2. The Hall–Kier alpha value is 0.253. The van der Waals surface area contributed by atoms with Crippen LogP contribution in [0.1, 0.15) is 25.8 Å². The van der Waals surface area contributed by atoms with E-state index in [-0.39, 0.29) is 7.65 Å². The molecule has 1 aliphatic carbocycles. The number of halogens is 2. The number of allylic oxidation sites excluding steroid dienone is 6. The number of rotatable bonds is 2. The van der Waals surface area contributed by atoms with Gasteiger partial charge in [0.2, 0.25) is 0 Å². The summed E-state index contributed by atoms with van der Waals surface area (Å²) in [4.78, 5) is 3.00. The van der Waals surface area contributed by atoms with Gasteiger partial charge in [-0.05, 0) is 0 Å². The van der Waals surface area contributed by atoms with Crippen molar-refractivity contribution in [2.45, 2.75) is 20.3 Å². The minimum atomic E-state index is -2.26. The molecule has 0 fully saturated rings. The van der Waals surface area contributed by atoms with Gasteiger partial charge in [-0.15, -0.1) is 0 Å². The summed E-state index contributed by atoms with van der Waals surface area (Å²) in [5.41, 5.74) is 5.57. The summed E-state index contributed by atoms with van der Waals surface area (Å²) in [5.74, 6) is 0. The van der Waals surface area contributed by atoms with Gasteiger partial charge >= 0.3 is 131 Å². The van der Waals surface area contributed by atoms with E-state index >= 15 is 0 Å². The van der Waals surface area contributed by atoms with Crippen LogP contribution in [-0.2, 0) is 17.9 Å². The van der Waals surface area contributed by atoms with Crippen LogP contribution >= 0.6 is 24.7 Å². The molecule has 99 valence electrons. The number of hydrogen-bond donors (Lipinski definition) is 1. The summed E-state index contributed by atoms with van der Waals surface area (Å²) < 4.78 is 0. The molecule has 0 radical (unpaired) electrons. The van der Waals surface area contributed by atoms with E-state index < -0.39 is 17.9 Å². The van der Waals surface area contributed by atoms with Gasteiger partial charge in [0.05, 0.1) is 0 Å². The van der Waals surface area contributed by atoms with E-state index in [0.29, 0.717) is 0 Å². The normalized spacial score (nSPS) is 23.8. The average Bonchev–Trinajstić information content (AvgIpc) is 2.83. The summed E-state index contributed by atoms with van der Waals surface area (Å²) in [6.45, 7) is 4.44. The molecule has 1 aromatic rings. The van der Waals surface area contributed by atoms with Crippen molar-refractivity contribution in [2.75, 3.05) is 0 Å². The fourth-order valence-electron chi connectivity index (χ4n) is 2.86. The number of thiol groups is 1. The van der Waals surface area contributed by atoms with E-state index in [4.69, 9.17) is 17.0 Å². The van der Waals surface area contributed by atoms with Crippen LogP contribution in [0.4, 0.5) is 0 Å². The van der Waals surface area contributed by atoms with Crippen LogP contribution in [0.15, 0.2) is 57.4 Å². The molecule has 0 saturated carbocycles. The Morgan fingerprint density at radius 2 is 1.79 bits per heavy atom. The SMILES string of the molecule is CC1=CC2=C(C1)[SH]([Zr]([Cl])[Cl])C(C)=C2c1ccccc1. The average molecular weight is 389 g/mol. The molecule has 0 aromatic heterocycles. The Balaban J connectivity index is 2.16. The zero-order chi connectivity index (χ0) is 13.6. The fraction of sp³-hybridized carbons (Fsp3) is 0.200. The Kier molecular flexibility index (Phi) is 4.16. The molecule has 0 nitrogen and oxygen atoms in total. The van der Waals surface area contributed by atoms with Gasteiger partial charge in [-0.3, -0.25) is 0 Å². The van der Waals surface area contributed by atoms with Gasteiger partial charge in [-0.25, -0.2) is 0 Å². The van der Waals surface area contributed by atoms with Crippen molar-refractivity contribution in [3.63, 3.8) is 0 Å². The molecule has 2 aliphatic rings. The molecule has 19 heavy (non-hydrogen) atoms. The maximum absolute atomic E-state index is 6.45. The second-order valence-electron chi connectivity index (χ2n) is 4.93. The van der Waals surface area contributed by atoms with E-state index in [0.717, 1.165) is 6.42 Å². The summed E-state index contributed by atoms with van der Waals surface area (Å²) in [5, 5.41) is 0. The van der Waals surface area contributed by atoms with Crippen LogP contribution in [0.2, 0.25) is 0 Å². The predicted molar refractivity (Wildman–Crippen MR) is 85.1 cm³/mol. The summed E-state index contributed by atoms with van der Waals surface area (Å²) in [7, 11) is 12.5. The van der Waals surface area contributed by atoms with Crippen molar-refractivity contribution in [1.29, 1.82) is 0 Å². The molecule has 0 N–H and O–H groups in total. The summed E-state index contributed by atoms with van der Waals surface area (Å²) >= 11 is -2.26. The predicted octanol–water partition coefficient (Wildman–Crippen LogP) is 5.88. The molecule has 0 spiro atoms. The van der Waals surface area contributed by atoms with Crippen LogP contribution < -0.4 is 0 Å². The van der Waals surface area contributed by atoms with E-state index in [1.54, 1.807) is 4.91 Å². The molecule has 1 atom stereocenters. The first-order valence-corrected chi connectivity index (χ1v) is 17.2. The van der Waals surface area contributed by atoms with Crippen LogP contribution in [-0.4, -0.2) is 0 Å². The van der Waals surface area contributed by atoms with E-state index in [1.807, 2.05) is 0 Å². The van der Waals surface area contributed by atoms with Gasteiger partial charge in [0.15, 0.2) is 0 Å². The molecule has 1 unspecified atom stereocenters. The van der Waals surface area contributed by atoms with Crippen molar-refractivity contribution < 1.29 is 17.9 Å². The number of benzene rings is 1. The molecule has 0 amide bonds. The van der Waals surface area contributed by atoms with Crippen molar-refractivity contribution >= 4 is 30.3 Å². The third-order valence-electron chi connectivity index (χ3n) is 3.62. The van der Waals surface area contributed by atoms with E-state index in [9.17, 15) is 0 Å². The maximum atomic E-state index is 6.45. The molecule has 0 saturated heterocycles. The quantitative estimate of drug-likeness (QED) is 0.600. The van der Waals surface area contributed by atoms with Crippen LogP contribution in [0, 0.1) is 0 Å². The van der Waals surface area contributed by atoms with Crippen LogP contribution in [0.3, 0.4) is 0 Å². The number of hydrogen-bond acceptors (Lipinski definition) is 0. The van der Waals surface area contributed by atoms with Gasteiger partial charge < -0.3 is 0 Å². The monoisotopic (exact) mass is 387 g/mol. The van der Waals surface area contributed by atoms with Crippen molar-refractivity contribution in [1.82, 2.24) is 0 Å². The second-order valence-corrected chi connectivity index (χ2v) is 22.7. The van der Waals surface area contributed by atoms with Gasteiger partial charge in [-0.1, -0.05) is 0 Å². The Morgan fingerprint density at radius 1 is 1.11 bits per heavy atom. The van der Waals surface area contributed by atoms with E-state index in [2.05, 4.69) is 50.3 Å². The molecular formula is C15H15Cl2SZr. The first-order valence-electron chi connectivity index (χ1n) is 6.24. The molecular weight excluding hydrogens is 374 g/mol. The zero-order valence-electron chi connectivity index (χ0n) is 10.9. The molecule has 3 rings (SSSR count). The first-order chi connectivity index (χ1) is 9.09. The zero-order valence-corrected chi connectivity index (χ0v) is 15.7. The summed E-state index contributed by atoms with van der Waals surface area (Å²) in [6.07, 6.45) is 3.42.